The molecule has 0 fully saturated rings. The number of aromatic nitrogens is 4. The molecule has 15 heavy (non-hydrogen) atoms. The Morgan fingerprint density at radius 3 is 2.93 bits per heavy atom. The maximum Gasteiger partial charge on any atom is 0.341 e. The van der Waals surface area contributed by atoms with Crippen molar-refractivity contribution in [2.45, 2.75) is 6.92 Å². The van der Waals surface area contributed by atoms with Crippen LogP contribution in [-0.2, 0) is 0 Å². The Morgan fingerprint density at radius 2 is 2.40 bits per heavy atom. The first-order valence-electron chi connectivity index (χ1n) is 4.03. The number of aromatic amines is 2. The highest BCUT2D eigenvalue weighted by molar-refractivity contribution is 7.13. The topological polar surface area (TPSA) is 104 Å². The van der Waals surface area contributed by atoms with Crippen molar-refractivity contribution in [3.8, 4) is 0 Å². The Labute approximate surface area is 87.6 Å². The first kappa shape index (κ1) is 9.59. The second kappa shape index (κ2) is 3.65. The predicted molar refractivity (Wildman–Crippen MR) is 54.0 cm³/mol. The van der Waals surface area contributed by atoms with Crippen LogP contribution in [-0.4, -0.2) is 26.1 Å². The van der Waals surface area contributed by atoms with Crippen molar-refractivity contribution < 1.29 is 4.79 Å². The van der Waals surface area contributed by atoms with Gasteiger partial charge in [0.05, 0.1) is 5.69 Å². The highest BCUT2D eigenvalue weighted by atomic mass is 32.1. The summed E-state index contributed by atoms with van der Waals surface area (Å²) < 4.78 is 0. The molecule has 3 N–H and O–H groups in total. The van der Waals surface area contributed by atoms with Crippen LogP contribution in [0.5, 0.6) is 0 Å². The molecule has 0 atom stereocenters. The lowest BCUT2D eigenvalue weighted by molar-refractivity contribution is 0.101. The lowest BCUT2D eigenvalue weighted by atomic mass is 10.6. The van der Waals surface area contributed by atoms with Gasteiger partial charge in [-0.3, -0.25) is 15.1 Å². The van der Waals surface area contributed by atoms with Crippen molar-refractivity contribution in [1.29, 1.82) is 0 Å². The maximum atomic E-state index is 11.4. The molecule has 2 aromatic heterocycles. The largest absolute Gasteiger partial charge is 0.341 e. The van der Waals surface area contributed by atoms with Crippen LogP contribution in [0.4, 0.5) is 5.13 Å². The fourth-order valence-corrected chi connectivity index (χ4v) is 1.63. The summed E-state index contributed by atoms with van der Waals surface area (Å²) in [7, 11) is 0. The van der Waals surface area contributed by atoms with E-state index < -0.39 is 11.6 Å². The Hall–Kier alpha value is -1.96. The highest BCUT2D eigenvalue weighted by Gasteiger charge is 2.11. The molecule has 2 heterocycles. The number of nitrogens with zero attached hydrogens (tertiary/aromatic N) is 2. The summed E-state index contributed by atoms with van der Waals surface area (Å²) >= 11 is 1.31. The molecule has 2 rings (SSSR count). The van der Waals surface area contributed by atoms with Gasteiger partial charge in [0, 0.05) is 5.38 Å². The number of rotatable bonds is 2. The summed E-state index contributed by atoms with van der Waals surface area (Å²) in [4.78, 5) is 28.4. The van der Waals surface area contributed by atoms with Crippen LogP contribution in [0.1, 0.15) is 16.3 Å². The highest BCUT2D eigenvalue weighted by Crippen LogP contribution is 2.14. The zero-order valence-corrected chi connectivity index (χ0v) is 8.51. The van der Waals surface area contributed by atoms with Gasteiger partial charge in [0.15, 0.2) is 5.13 Å². The third kappa shape index (κ3) is 2.10. The molecule has 2 aromatic rings. The normalized spacial score (nSPS) is 10.2. The summed E-state index contributed by atoms with van der Waals surface area (Å²) in [5, 5.41) is 10.4. The van der Waals surface area contributed by atoms with E-state index >= 15 is 0 Å². The van der Waals surface area contributed by atoms with E-state index in [-0.39, 0.29) is 5.82 Å². The number of carbonyl (C=O) groups is 1. The van der Waals surface area contributed by atoms with E-state index in [2.05, 4.69) is 25.5 Å². The van der Waals surface area contributed by atoms with Crippen molar-refractivity contribution in [1.82, 2.24) is 20.2 Å². The second-order valence-corrected chi connectivity index (χ2v) is 3.63. The van der Waals surface area contributed by atoms with Crippen LogP contribution in [0.25, 0.3) is 0 Å². The summed E-state index contributed by atoms with van der Waals surface area (Å²) in [5.41, 5.74) is 0.307. The van der Waals surface area contributed by atoms with E-state index in [9.17, 15) is 9.59 Å². The summed E-state index contributed by atoms with van der Waals surface area (Å²) in [6, 6.07) is 0. The van der Waals surface area contributed by atoms with Gasteiger partial charge < -0.3 is 0 Å². The SMILES string of the molecule is Cc1csc(NC(=O)c2n[nH]c(=O)[nH]2)n1. The predicted octanol–water partition coefficient (Wildman–Crippen LogP) is 0.115. The van der Waals surface area contributed by atoms with E-state index in [1.165, 1.54) is 11.3 Å². The Kier molecular flexibility index (Phi) is 2.34. The average Bonchev–Trinajstić information content (AvgIpc) is 2.75. The molecule has 0 spiro atoms. The van der Waals surface area contributed by atoms with Gasteiger partial charge in [-0.25, -0.2) is 14.9 Å². The first-order chi connectivity index (χ1) is 7.15. The van der Waals surface area contributed by atoms with Crippen molar-refractivity contribution >= 4 is 22.4 Å². The van der Waals surface area contributed by atoms with Crippen LogP contribution in [0.15, 0.2) is 10.2 Å². The minimum atomic E-state index is -0.518. The number of thiazole rings is 1. The van der Waals surface area contributed by atoms with Crippen LogP contribution < -0.4 is 11.0 Å². The van der Waals surface area contributed by atoms with Gasteiger partial charge in [0.25, 0.3) is 5.91 Å². The first-order valence-corrected chi connectivity index (χ1v) is 4.91. The van der Waals surface area contributed by atoms with Crippen LogP contribution in [0.2, 0.25) is 0 Å². The zero-order valence-electron chi connectivity index (χ0n) is 7.70. The number of amides is 1. The Balaban J connectivity index is 2.13. The lowest BCUT2D eigenvalue weighted by Gasteiger charge is -1.95. The van der Waals surface area contributed by atoms with Gasteiger partial charge in [-0.15, -0.1) is 16.4 Å². The van der Waals surface area contributed by atoms with E-state index in [1.807, 2.05) is 12.3 Å². The van der Waals surface area contributed by atoms with E-state index in [1.54, 1.807) is 0 Å². The quantitative estimate of drug-likeness (QED) is 0.675. The van der Waals surface area contributed by atoms with Crippen LogP contribution in [0, 0.1) is 6.92 Å². The molecule has 0 radical (unpaired) electrons. The molecular formula is C7H7N5O2S. The summed E-state index contributed by atoms with van der Waals surface area (Å²) in [6.45, 7) is 1.82. The molecule has 0 aliphatic carbocycles. The fraction of sp³-hybridized carbons (Fsp3) is 0.143. The summed E-state index contributed by atoms with van der Waals surface area (Å²) in [5.74, 6) is -0.560. The van der Waals surface area contributed by atoms with Gasteiger partial charge >= 0.3 is 5.69 Å². The van der Waals surface area contributed by atoms with Crippen LogP contribution >= 0.6 is 11.3 Å². The van der Waals surface area contributed by atoms with Crippen molar-refractivity contribution in [2.75, 3.05) is 5.32 Å². The number of H-pyrrole nitrogens is 2. The third-order valence-electron chi connectivity index (χ3n) is 1.56. The molecule has 8 heteroatoms. The molecule has 0 unspecified atom stereocenters. The van der Waals surface area contributed by atoms with Gasteiger partial charge in [0.2, 0.25) is 5.82 Å². The molecule has 0 aliphatic heterocycles. The number of aryl methyl sites for hydroxylation is 1. The Bertz CT molecular complexity index is 539. The van der Waals surface area contributed by atoms with Gasteiger partial charge in [-0.05, 0) is 6.92 Å². The minimum absolute atomic E-state index is 0.0622. The molecule has 0 aromatic carbocycles. The molecule has 1 amide bonds. The third-order valence-corrected chi connectivity index (χ3v) is 2.43. The number of hydrogen-bond donors (Lipinski definition) is 3. The fourth-order valence-electron chi connectivity index (χ4n) is 0.945. The van der Waals surface area contributed by atoms with E-state index in [4.69, 9.17) is 0 Å². The maximum absolute atomic E-state index is 11.4. The Morgan fingerprint density at radius 1 is 1.60 bits per heavy atom. The van der Waals surface area contributed by atoms with Gasteiger partial charge in [-0.2, -0.15) is 0 Å². The molecule has 0 saturated heterocycles. The zero-order chi connectivity index (χ0) is 10.8. The monoisotopic (exact) mass is 225 g/mol. The van der Waals surface area contributed by atoms with Crippen molar-refractivity contribution in [2.24, 2.45) is 0 Å². The molecule has 0 aliphatic rings. The van der Waals surface area contributed by atoms with Gasteiger partial charge in [-0.1, -0.05) is 0 Å². The number of anilines is 1. The lowest BCUT2D eigenvalue weighted by Crippen LogP contribution is -2.14. The number of carbonyl (C=O) groups excluding carboxylic acids is 1. The van der Waals surface area contributed by atoms with E-state index in [0.717, 1.165) is 5.69 Å². The smallest absolute Gasteiger partial charge is 0.295 e. The summed E-state index contributed by atoms with van der Waals surface area (Å²) in [6.07, 6.45) is 0. The molecule has 0 bridgehead atoms. The van der Waals surface area contributed by atoms with Gasteiger partial charge in [0.1, 0.15) is 0 Å². The molecule has 78 valence electrons. The van der Waals surface area contributed by atoms with Crippen molar-refractivity contribution in [3.63, 3.8) is 0 Å². The molecule has 7 nitrogen and oxygen atoms in total. The minimum Gasteiger partial charge on any atom is -0.295 e. The average molecular weight is 225 g/mol. The van der Waals surface area contributed by atoms with Crippen LogP contribution in [0.3, 0.4) is 0 Å². The van der Waals surface area contributed by atoms with Crippen molar-refractivity contribution in [3.05, 3.63) is 27.4 Å². The second-order valence-electron chi connectivity index (χ2n) is 2.77. The number of hydrogen-bond acceptors (Lipinski definition) is 5. The molecular weight excluding hydrogens is 218 g/mol. The van der Waals surface area contributed by atoms with E-state index in [0.29, 0.717) is 5.13 Å². The molecule has 0 saturated carbocycles. The standard InChI is InChI=1S/C7H7N5O2S/c1-3-2-15-7(8-3)10-5(13)4-9-6(14)12-11-4/h2H,1H3,(H,8,10,13)(H2,9,11,12,14). The number of nitrogens with one attached hydrogen (secondary N) is 3.